The minimum atomic E-state index is -4.95. The van der Waals surface area contributed by atoms with Crippen LogP contribution in [0.25, 0.3) is 0 Å². The van der Waals surface area contributed by atoms with Crippen molar-refractivity contribution in [2.24, 2.45) is 5.16 Å². The highest BCUT2D eigenvalue weighted by Gasteiger charge is 2.54. The number of amides is 2. The molecule has 1 aliphatic rings. The van der Waals surface area contributed by atoms with Gasteiger partial charge in [-0.2, -0.15) is 8.42 Å². The average Bonchev–Trinajstić information content (AvgIpc) is 3.37. The van der Waals surface area contributed by atoms with Crippen LogP contribution in [0.1, 0.15) is 10.6 Å². The van der Waals surface area contributed by atoms with Crippen molar-refractivity contribution in [2.75, 3.05) is 19.5 Å². The van der Waals surface area contributed by atoms with Gasteiger partial charge in [0.1, 0.15) is 31.5 Å². The van der Waals surface area contributed by atoms with Crippen molar-refractivity contribution in [3.05, 3.63) is 33.5 Å². The van der Waals surface area contributed by atoms with Crippen molar-refractivity contribution in [1.29, 1.82) is 0 Å². The Kier molecular flexibility index (Phi) is 7.07. The highest BCUT2D eigenvalue weighted by molar-refractivity contribution is 7.84. The first-order chi connectivity index (χ1) is 15.1. The van der Waals surface area contributed by atoms with Gasteiger partial charge in [0, 0.05) is 10.3 Å². The van der Waals surface area contributed by atoms with Crippen LogP contribution < -0.4 is 11.1 Å². The lowest BCUT2D eigenvalue weighted by Gasteiger charge is -2.43. The maximum Gasteiger partial charge on any atom is 0.362 e. The lowest BCUT2D eigenvalue weighted by atomic mass is 9.99. The first kappa shape index (κ1) is 23.6. The van der Waals surface area contributed by atoms with Crippen molar-refractivity contribution >= 4 is 61.6 Å². The number of nitrogen functional groups attached to an aromatic ring is 1. The Bertz CT molecular complexity index is 1140. The number of anilines is 1. The Hall–Kier alpha value is -3.08. The summed E-state index contributed by atoms with van der Waals surface area (Å²) in [6.45, 7) is -0.582. The number of thiazole rings is 1. The predicted octanol–water partition coefficient (Wildman–Crippen LogP) is -0.578. The monoisotopic (exact) mass is 503 g/mol. The number of carbonyl (C=O) groups is 3. The molecule has 0 radical (unpaired) electrons. The zero-order chi connectivity index (χ0) is 23.5. The highest BCUT2D eigenvalue weighted by atomic mass is 32.2. The summed E-state index contributed by atoms with van der Waals surface area (Å²) >= 11 is 2.37. The molecule has 2 aromatic rings. The van der Waals surface area contributed by atoms with Gasteiger partial charge < -0.3 is 20.6 Å². The third-order valence-corrected chi connectivity index (χ3v) is 6.68. The molecule has 0 saturated carbocycles. The summed E-state index contributed by atoms with van der Waals surface area (Å²) in [7, 11) is -3.76. The fourth-order valence-corrected chi connectivity index (χ4v) is 4.92. The second-order valence-corrected chi connectivity index (χ2v) is 9.47. The molecule has 3 heterocycles. The third kappa shape index (κ3) is 5.21. The van der Waals surface area contributed by atoms with Crippen LogP contribution in [-0.4, -0.2) is 71.6 Å². The number of esters is 1. The van der Waals surface area contributed by atoms with E-state index in [4.69, 9.17) is 10.5 Å². The SMILES string of the molecule is CON=C(C(=O)N[C@H]1C(=O)N(S(=O)(=O)O)[C@H]1COC(=O)Cc1cccs1)c1csc(N)n1. The van der Waals surface area contributed by atoms with E-state index in [0.29, 0.717) is 0 Å². The number of rotatable bonds is 9. The van der Waals surface area contributed by atoms with Crippen LogP contribution in [-0.2, 0) is 40.7 Å². The molecule has 1 saturated heterocycles. The molecule has 2 amide bonds. The van der Waals surface area contributed by atoms with E-state index in [-0.39, 0.29) is 27.3 Å². The van der Waals surface area contributed by atoms with E-state index in [1.165, 1.54) is 23.8 Å². The molecule has 0 spiro atoms. The fourth-order valence-electron chi connectivity index (χ4n) is 2.81. The molecule has 4 N–H and O–H groups in total. The van der Waals surface area contributed by atoms with Crippen LogP contribution in [0.4, 0.5) is 5.13 Å². The van der Waals surface area contributed by atoms with Crippen molar-refractivity contribution < 1.29 is 36.9 Å². The molecule has 32 heavy (non-hydrogen) atoms. The number of oxime groups is 1. The van der Waals surface area contributed by atoms with Gasteiger partial charge in [0.05, 0.1) is 6.42 Å². The Morgan fingerprint density at radius 1 is 1.41 bits per heavy atom. The molecule has 1 aliphatic heterocycles. The van der Waals surface area contributed by atoms with Crippen LogP contribution >= 0.6 is 22.7 Å². The Balaban J connectivity index is 1.72. The predicted molar refractivity (Wildman–Crippen MR) is 113 cm³/mol. The molecule has 2 atom stereocenters. The maximum absolute atomic E-state index is 12.7. The summed E-state index contributed by atoms with van der Waals surface area (Å²) in [5.74, 6) is -2.71. The second kappa shape index (κ2) is 9.60. The molecule has 13 nitrogen and oxygen atoms in total. The summed E-state index contributed by atoms with van der Waals surface area (Å²) in [5, 5.41) is 9.23. The van der Waals surface area contributed by atoms with Crippen LogP contribution in [0.2, 0.25) is 0 Å². The molecule has 0 bridgehead atoms. The minimum Gasteiger partial charge on any atom is -0.463 e. The number of nitrogens with zero attached hydrogens (tertiary/aromatic N) is 3. The summed E-state index contributed by atoms with van der Waals surface area (Å²) in [6.07, 6.45) is -0.0584. The van der Waals surface area contributed by atoms with E-state index >= 15 is 0 Å². The van der Waals surface area contributed by atoms with Gasteiger partial charge in [-0.15, -0.1) is 22.7 Å². The number of aromatic nitrogens is 1. The standard InChI is InChI=1S/C16H17N5O8S3/c1-28-20-12(9-7-31-16(17)18-9)14(23)19-13-10(21(15(13)24)32(25,26)27)6-29-11(22)5-8-3-2-4-30-8/h2-4,7,10,13H,5-6H2,1H3,(H2,17,18)(H,19,23)(H,25,26,27)/t10-,13+/m0/s1. The van der Waals surface area contributed by atoms with E-state index in [1.54, 1.807) is 17.5 Å². The molecule has 3 rings (SSSR count). The van der Waals surface area contributed by atoms with E-state index < -0.39 is 46.8 Å². The van der Waals surface area contributed by atoms with Gasteiger partial charge in [-0.25, -0.2) is 9.29 Å². The van der Waals surface area contributed by atoms with Crippen LogP contribution in [0.5, 0.6) is 0 Å². The fraction of sp³-hybridized carbons (Fsp3) is 0.312. The van der Waals surface area contributed by atoms with Gasteiger partial charge in [0.15, 0.2) is 10.8 Å². The van der Waals surface area contributed by atoms with Crippen molar-refractivity contribution in [2.45, 2.75) is 18.5 Å². The Labute approximate surface area is 189 Å². The minimum absolute atomic E-state index is 0.0584. The Morgan fingerprint density at radius 2 is 2.16 bits per heavy atom. The third-order valence-electron chi connectivity index (χ3n) is 4.18. The van der Waals surface area contributed by atoms with Crippen LogP contribution in [0.3, 0.4) is 0 Å². The van der Waals surface area contributed by atoms with Gasteiger partial charge in [0.2, 0.25) is 0 Å². The van der Waals surface area contributed by atoms with Gasteiger partial charge in [0.25, 0.3) is 11.8 Å². The number of hydrogen-bond donors (Lipinski definition) is 3. The number of β-lactam (4-membered cyclic amide) rings is 1. The molecule has 0 aromatic carbocycles. The van der Waals surface area contributed by atoms with Gasteiger partial charge in [-0.1, -0.05) is 11.2 Å². The van der Waals surface area contributed by atoms with E-state index in [9.17, 15) is 27.4 Å². The van der Waals surface area contributed by atoms with Crippen molar-refractivity contribution in [1.82, 2.24) is 14.6 Å². The first-order valence-electron chi connectivity index (χ1n) is 8.74. The second-order valence-electron chi connectivity index (χ2n) is 6.26. The summed E-state index contributed by atoms with van der Waals surface area (Å²) in [4.78, 5) is 46.3. The Morgan fingerprint density at radius 3 is 2.72 bits per heavy atom. The molecule has 0 unspecified atom stereocenters. The summed E-state index contributed by atoms with van der Waals surface area (Å²) in [5.41, 5.74) is 5.31. The van der Waals surface area contributed by atoms with Gasteiger partial charge in [-0.05, 0) is 11.4 Å². The zero-order valence-corrected chi connectivity index (χ0v) is 18.8. The van der Waals surface area contributed by atoms with Gasteiger partial charge >= 0.3 is 16.3 Å². The number of nitrogens with two attached hydrogens (primary N) is 1. The average molecular weight is 504 g/mol. The number of ether oxygens (including phenoxy) is 1. The summed E-state index contributed by atoms with van der Waals surface area (Å²) < 4.78 is 37.7. The largest absolute Gasteiger partial charge is 0.463 e. The molecule has 16 heteroatoms. The number of hydrogen-bond acceptors (Lipinski definition) is 12. The lowest BCUT2D eigenvalue weighted by Crippen LogP contribution is -2.73. The molecule has 2 aromatic heterocycles. The molecule has 172 valence electrons. The quantitative estimate of drug-likeness (QED) is 0.131. The van der Waals surface area contributed by atoms with E-state index in [1.807, 2.05) is 0 Å². The van der Waals surface area contributed by atoms with Gasteiger partial charge in [-0.3, -0.25) is 18.9 Å². The molecular weight excluding hydrogens is 486 g/mol. The number of thiophene rings is 1. The summed E-state index contributed by atoms with van der Waals surface area (Å²) in [6, 6.07) is 0.683. The topological polar surface area (TPSA) is 191 Å². The van der Waals surface area contributed by atoms with Crippen LogP contribution in [0, 0.1) is 0 Å². The maximum atomic E-state index is 12.7. The zero-order valence-electron chi connectivity index (χ0n) is 16.3. The molecule has 0 aliphatic carbocycles. The lowest BCUT2D eigenvalue weighted by molar-refractivity contribution is -0.155. The van der Waals surface area contributed by atoms with E-state index in [2.05, 4.69) is 20.3 Å². The highest BCUT2D eigenvalue weighted by Crippen LogP contribution is 2.25. The molecule has 1 fully saturated rings. The normalized spacial score (nSPS) is 18.8. The van der Waals surface area contributed by atoms with Crippen LogP contribution in [0.15, 0.2) is 28.0 Å². The van der Waals surface area contributed by atoms with Crippen molar-refractivity contribution in [3.8, 4) is 0 Å². The first-order valence-corrected chi connectivity index (χ1v) is 11.9. The number of nitrogens with one attached hydrogen (secondary N) is 1. The van der Waals surface area contributed by atoms with Crippen molar-refractivity contribution in [3.63, 3.8) is 0 Å². The number of carbonyl (C=O) groups excluding carboxylic acids is 3. The molecular formula is C16H17N5O8S3. The van der Waals surface area contributed by atoms with E-state index in [0.717, 1.165) is 16.2 Å². The smallest absolute Gasteiger partial charge is 0.362 e.